The Bertz CT molecular complexity index is 767. The lowest BCUT2D eigenvalue weighted by Crippen LogP contribution is -2.42. The molecule has 0 radical (unpaired) electrons. The van der Waals surface area contributed by atoms with Gasteiger partial charge in [0.05, 0.1) is 4.90 Å². The van der Waals surface area contributed by atoms with Crippen molar-refractivity contribution in [2.24, 2.45) is 0 Å². The number of rotatable bonds is 6. The quantitative estimate of drug-likeness (QED) is 0.806. The third-order valence-electron chi connectivity index (χ3n) is 5.57. The minimum Gasteiger partial charge on any atom is -0.334 e. The Morgan fingerprint density at radius 2 is 2.00 bits per heavy atom. The first kappa shape index (κ1) is 20.3. The molecule has 1 atom stereocenters. The Kier molecular flexibility index (Phi) is 6.55. The van der Waals surface area contributed by atoms with Gasteiger partial charge in [-0.15, -0.1) is 0 Å². The molecule has 150 valence electrons. The molecular formula is C20H31N3O3S. The Labute approximate surface area is 163 Å². The summed E-state index contributed by atoms with van der Waals surface area (Å²) in [5, 5.41) is 3.31. The number of nitrogens with zero attached hydrogens (tertiary/aromatic N) is 2. The van der Waals surface area contributed by atoms with Crippen LogP contribution in [0, 0.1) is 6.92 Å². The fourth-order valence-electron chi connectivity index (χ4n) is 4.02. The van der Waals surface area contributed by atoms with Crippen molar-refractivity contribution in [1.82, 2.24) is 14.5 Å². The first-order valence-electron chi connectivity index (χ1n) is 10.1. The maximum atomic E-state index is 13.2. The lowest BCUT2D eigenvalue weighted by molar-refractivity contribution is 0.0692. The number of hydrogen-bond acceptors (Lipinski definition) is 4. The lowest BCUT2D eigenvalue weighted by Gasteiger charge is -2.29. The Balaban J connectivity index is 1.90. The highest BCUT2D eigenvalue weighted by Crippen LogP contribution is 2.25. The van der Waals surface area contributed by atoms with Gasteiger partial charge in [-0.05, 0) is 56.8 Å². The molecule has 3 rings (SSSR count). The summed E-state index contributed by atoms with van der Waals surface area (Å²) < 4.78 is 27.8. The number of carbonyl (C=O) groups is 1. The second-order valence-corrected chi connectivity index (χ2v) is 9.50. The van der Waals surface area contributed by atoms with Crippen molar-refractivity contribution in [1.29, 1.82) is 0 Å². The normalized spacial score (nSPS) is 21.3. The van der Waals surface area contributed by atoms with E-state index in [1.165, 1.54) is 0 Å². The zero-order valence-electron chi connectivity index (χ0n) is 16.4. The summed E-state index contributed by atoms with van der Waals surface area (Å²) in [7, 11) is -3.56. The summed E-state index contributed by atoms with van der Waals surface area (Å²) in [5.74, 6) is -0.0688. The summed E-state index contributed by atoms with van der Waals surface area (Å²) in [6.45, 7) is 7.40. The van der Waals surface area contributed by atoms with Crippen LogP contribution in [0.5, 0.6) is 0 Å². The van der Waals surface area contributed by atoms with E-state index in [-0.39, 0.29) is 16.8 Å². The number of sulfonamides is 1. The second kappa shape index (κ2) is 8.71. The monoisotopic (exact) mass is 393 g/mol. The summed E-state index contributed by atoms with van der Waals surface area (Å²) >= 11 is 0. The molecule has 0 spiro atoms. The molecule has 1 unspecified atom stereocenters. The molecule has 0 saturated carbocycles. The van der Waals surface area contributed by atoms with E-state index in [4.69, 9.17) is 0 Å². The molecule has 1 aromatic rings. The molecule has 6 nitrogen and oxygen atoms in total. The molecule has 2 aliphatic rings. The van der Waals surface area contributed by atoms with Crippen LogP contribution in [0.15, 0.2) is 23.1 Å². The van der Waals surface area contributed by atoms with E-state index in [0.29, 0.717) is 30.8 Å². The number of nitrogens with one attached hydrogen (secondary N) is 1. The van der Waals surface area contributed by atoms with Gasteiger partial charge < -0.3 is 10.2 Å². The Morgan fingerprint density at radius 3 is 2.63 bits per heavy atom. The molecular weight excluding hydrogens is 362 g/mol. The summed E-state index contributed by atoms with van der Waals surface area (Å²) in [5.41, 5.74) is 1.17. The maximum Gasteiger partial charge on any atom is 0.254 e. The van der Waals surface area contributed by atoms with Gasteiger partial charge >= 0.3 is 0 Å². The van der Waals surface area contributed by atoms with Crippen molar-refractivity contribution in [3.05, 3.63) is 29.3 Å². The van der Waals surface area contributed by atoms with E-state index in [9.17, 15) is 13.2 Å². The van der Waals surface area contributed by atoms with Gasteiger partial charge in [-0.2, -0.15) is 4.31 Å². The van der Waals surface area contributed by atoms with Crippen molar-refractivity contribution in [2.45, 2.75) is 56.9 Å². The highest BCUT2D eigenvalue weighted by Gasteiger charge is 2.30. The van der Waals surface area contributed by atoms with E-state index in [0.717, 1.165) is 45.2 Å². The smallest absolute Gasteiger partial charge is 0.254 e. The molecule has 0 aromatic heterocycles. The second-order valence-electron chi connectivity index (χ2n) is 7.59. The molecule has 2 saturated heterocycles. The zero-order valence-corrected chi connectivity index (χ0v) is 17.2. The van der Waals surface area contributed by atoms with Gasteiger partial charge in [-0.25, -0.2) is 8.42 Å². The lowest BCUT2D eigenvalue weighted by atomic mass is 10.1. The molecule has 2 heterocycles. The number of hydrogen-bond donors (Lipinski definition) is 1. The highest BCUT2D eigenvalue weighted by atomic mass is 32.2. The van der Waals surface area contributed by atoms with Crippen LogP contribution >= 0.6 is 0 Å². The van der Waals surface area contributed by atoms with Gasteiger partial charge in [-0.3, -0.25) is 4.79 Å². The van der Waals surface area contributed by atoms with Crippen molar-refractivity contribution in [3.63, 3.8) is 0 Å². The van der Waals surface area contributed by atoms with Crippen LogP contribution in [-0.2, 0) is 10.0 Å². The molecule has 7 heteroatoms. The van der Waals surface area contributed by atoms with Crippen molar-refractivity contribution in [3.8, 4) is 0 Å². The number of aryl methyl sites for hydroxylation is 1. The average molecular weight is 394 g/mol. The fourth-order valence-corrected chi connectivity index (χ4v) is 5.79. The van der Waals surface area contributed by atoms with Gasteiger partial charge in [0, 0.05) is 37.8 Å². The first-order valence-corrected chi connectivity index (χ1v) is 11.5. The molecule has 2 aliphatic heterocycles. The molecule has 1 aromatic carbocycles. The van der Waals surface area contributed by atoms with Crippen molar-refractivity contribution < 1.29 is 13.2 Å². The fraction of sp³-hybridized carbons (Fsp3) is 0.650. The summed E-state index contributed by atoms with van der Waals surface area (Å²) in [6.07, 6.45) is 4.69. The molecule has 1 amide bonds. The van der Waals surface area contributed by atoms with E-state index in [1.807, 2.05) is 4.90 Å². The van der Waals surface area contributed by atoms with Crippen molar-refractivity contribution >= 4 is 15.9 Å². The predicted octanol–water partition coefficient (Wildman–Crippen LogP) is 2.38. The summed E-state index contributed by atoms with van der Waals surface area (Å²) in [4.78, 5) is 15.4. The van der Waals surface area contributed by atoms with Crippen LogP contribution < -0.4 is 5.32 Å². The third-order valence-corrected chi connectivity index (χ3v) is 7.61. The van der Waals surface area contributed by atoms with Crippen LogP contribution in [0.4, 0.5) is 0 Å². The number of piperidine rings is 1. The van der Waals surface area contributed by atoms with Crippen LogP contribution in [-0.4, -0.2) is 62.3 Å². The zero-order chi connectivity index (χ0) is 19.4. The summed E-state index contributed by atoms with van der Waals surface area (Å²) in [6, 6.07) is 5.30. The first-order chi connectivity index (χ1) is 12.9. The Morgan fingerprint density at radius 1 is 1.26 bits per heavy atom. The highest BCUT2D eigenvalue weighted by molar-refractivity contribution is 7.89. The van der Waals surface area contributed by atoms with Gasteiger partial charge in [0.15, 0.2) is 0 Å². The largest absolute Gasteiger partial charge is 0.334 e. The topological polar surface area (TPSA) is 69.7 Å². The minimum atomic E-state index is -3.56. The molecule has 2 fully saturated rings. The maximum absolute atomic E-state index is 13.2. The van der Waals surface area contributed by atoms with Gasteiger partial charge in [0.1, 0.15) is 0 Å². The van der Waals surface area contributed by atoms with E-state index < -0.39 is 10.0 Å². The van der Waals surface area contributed by atoms with E-state index in [1.54, 1.807) is 29.4 Å². The molecule has 1 N–H and O–H groups in total. The third kappa shape index (κ3) is 4.36. The molecule has 0 aliphatic carbocycles. The minimum absolute atomic E-state index is 0.0688. The SMILES string of the molecule is CCCN(C(=O)c1ccc(C)c(S(=O)(=O)N2CCCCC2)c1)C1CCNC1. The molecule has 0 bridgehead atoms. The van der Waals surface area contributed by atoms with E-state index >= 15 is 0 Å². The van der Waals surface area contributed by atoms with Gasteiger partial charge in [0.25, 0.3) is 5.91 Å². The number of benzene rings is 1. The number of amides is 1. The van der Waals surface area contributed by atoms with Crippen molar-refractivity contribution in [2.75, 3.05) is 32.7 Å². The van der Waals surface area contributed by atoms with Crippen LogP contribution in [0.1, 0.15) is 54.9 Å². The standard InChI is InChI=1S/C20H31N3O3S/c1-3-11-23(18-9-10-21-15-18)20(24)17-8-7-16(2)19(14-17)27(25,26)22-12-5-4-6-13-22/h7-8,14,18,21H,3-6,9-13,15H2,1-2H3. The van der Waals surface area contributed by atoms with E-state index in [2.05, 4.69) is 12.2 Å². The number of carbonyl (C=O) groups excluding carboxylic acids is 1. The predicted molar refractivity (Wildman–Crippen MR) is 106 cm³/mol. The average Bonchev–Trinajstić information content (AvgIpc) is 3.21. The van der Waals surface area contributed by atoms with Crippen LogP contribution in [0.3, 0.4) is 0 Å². The van der Waals surface area contributed by atoms with Gasteiger partial charge in [0.2, 0.25) is 10.0 Å². The molecule has 27 heavy (non-hydrogen) atoms. The van der Waals surface area contributed by atoms with Crippen LogP contribution in [0.25, 0.3) is 0 Å². The Hall–Kier alpha value is -1.44. The van der Waals surface area contributed by atoms with Gasteiger partial charge in [-0.1, -0.05) is 19.4 Å². The van der Waals surface area contributed by atoms with Crippen LogP contribution in [0.2, 0.25) is 0 Å².